The highest BCUT2D eigenvalue weighted by Crippen LogP contribution is 2.31. The number of H-pyrrole nitrogens is 1. The number of imidazole rings is 1. The molecule has 0 fully saturated rings. The largest absolute Gasteiger partial charge is 0.416 e. The van der Waals surface area contributed by atoms with E-state index in [2.05, 4.69) is 4.98 Å². The topological polar surface area (TPSA) is 37.8 Å². The van der Waals surface area contributed by atoms with Crippen LogP contribution in [0, 0.1) is 6.92 Å². The summed E-state index contributed by atoms with van der Waals surface area (Å²) in [6.45, 7) is 1.88. The molecule has 1 aromatic heterocycles. The highest BCUT2D eigenvalue weighted by Gasteiger charge is 2.30. The van der Waals surface area contributed by atoms with E-state index in [0.717, 1.165) is 17.7 Å². The predicted octanol–water partition coefficient (Wildman–Crippen LogP) is 3.65. The first-order valence-electron chi connectivity index (χ1n) is 6.25. The summed E-state index contributed by atoms with van der Waals surface area (Å²) in [6, 6.07) is 10.4. The molecule has 3 nitrogen and oxygen atoms in total. The minimum Gasteiger partial charge on any atom is -0.305 e. The van der Waals surface area contributed by atoms with Gasteiger partial charge in [0.2, 0.25) is 0 Å². The molecule has 3 aromatic rings. The summed E-state index contributed by atoms with van der Waals surface area (Å²) in [5, 5.41) is 0. The number of halogens is 3. The number of aromatic amines is 1. The molecule has 0 aliphatic heterocycles. The van der Waals surface area contributed by atoms with Crippen LogP contribution in [-0.2, 0) is 6.18 Å². The fourth-order valence-corrected chi connectivity index (χ4v) is 2.31. The second-order valence-electron chi connectivity index (χ2n) is 4.83. The molecule has 0 saturated carbocycles. The number of aromatic nitrogens is 2. The Morgan fingerprint density at radius 3 is 2.52 bits per heavy atom. The molecule has 0 bridgehead atoms. The van der Waals surface area contributed by atoms with Crippen molar-refractivity contribution < 1.29 is 13.2 Å². The Bertz CT molecular complexity index is 874. The van der Waals surface area contributed by atoms with Gasteiger partial charge in [0.25, 0.3) is 0 Å². The molecular weight excluding hydrogens is 281 g/mol. The highest BCUT2D eigenvalue weighted by molar-refractivity contribution is 5.78. The first-order chi connectivity index (χ1) is 9.86. The maximum Gasteiger partial charge on any atom is 0.416 e. The van der Waals surface area contributed by atoms with Crippen molar-refractivity contribution in [1.29, 1.82) is 0 Å². The summed E-state index contributed by atoms with van der Waals surface area (Å²) < 4.78 is 39.5. The Labute approximate surface area is 117 Å². The fourth-order valence-electron chi connectivity index (χ4n) is 2.31. The molecule has 6 heteroatoms. The van der Waals surface area contributed by atoms with E-state index < -0.39 is 17.4 Å². The average Bonchev–Trinajstić information content (AvgIpc) is 2.72. The molecular formula is C15H11F3N2O. The molecule has 0 aliphatic carbocycles. The van der Waals surface area contributed by atoms with E-state index in [1.54, 1.807) is 18.2 Å². The van der Waals surface area contributed by atoms with Crippen LogP contribution in [0.15, 0.2) is 47.3 Å². The Kier molecular flexibility index (Phi) is 2.90. The Morgan fingerprint density at radius 2 is 1.86 bits per heavy atom. The number of alkyl halides is 3. The van der Waals surface area contributed by atoms with E-state index in [4.69, 9.17) is 0 Å². The third kappa shape index (κ3) is 2.33. The summed E-state index contributed by atoms with van der Waals surface area (Å²) in [5.74, 6) is 0. The lowest BCUT2D eigenvalue weighted by Gasteiger charge is -2.07. The van der Waals surface area contributed by atoms with Gasteiger partial charge in [-0.2, -0.15) is 13.2 Å². The molecule has 0 spiro atoms. The standard InChI is InChI=1S/C15H11F3N2O/c1-9-3-2-4-11(7-9)20-13-6-5-10(15(16,17)18)8-12(13)19-14(20)21/h2-8H,1H3,(H,19,21). The van der Waals surface area contributed by atoms with Crippen LogP contribution in [0.5, 0.6) is 0 Å². The van der Waals surface area contributed by atoms with Gasteiger partial charge < -0.3 is 4.98 Å². The molecule has 0 amide bonds. The van der Waals surface area contributed by atoms with Gasteiger partial charge in [0.1, 0.15) is 0 Å². The second-order valence-corrected chi connectivity index (χ2v) is 4.83. The van der Waals surface area contributed by atoms with Crippen molar-refractivity contribution in [1.82, 2.24) is 9.55 Å². The van der Waals surface area contributed by atoms with Gasteiger partial charge in [-0.25, -0.2) is 4.79 Å². The first kappa shape index (κ1) is 13.5. The van der Waals surface area contributed by atoms with E-state index in [1.807, 2.05) is 13.0 Å². The first-order valence-corrected chi connectivity index (χ1v) is 6.25. The minimum absolute atomic E-state index is 0.163. The van der Waals surface area contributed by atoms with Crippen LogP contribution in [0.2, 0.25) is 0 Å². The second kappa shape index (κ2) is 4.51. The van der Waals surface area contributed by atoms with Gasteiger partial charge in [0.05, 0.1) is 22.3 Å². The number of nitrogens with zero attached hydrogens (tertiary/aromatic N) is 1. The van der Waals surface area contributed by atoms with Gasteiger partial charge in [0, 0.05) is 0 Å². The third-order valence-corrected chi connectivity index (χ3v) is 3.27. The lowest BCUT2D eigenvalue weighted by Crippen LogP contribution is -2.14. The fraction of sp³-hybridized carbons (Fsp3) is 0.133. The SMILES string of the molecule is Cc1cccc(-n2c(=O)[nH]c3cc(C(F)(F)F)ccc32)c1. The van der Waals surface area contributed by atoms with Crippen LogP contribution >= 0.6 is 0 Å². The molecule has 1 heterocycles. The van der Waals surface area contributed by atoms with Crippen molar-refractivity contribution >= 4 is 11.0 Å². The van der Waals surface area contributed by atoms with Gasteiger partial charge in [-0.3, -0.25) is 4.57 Å². The van der Waals surface area contributed by atoms with Gasteiger partial charge in [-0.05, 0) is 42.8 Å². The predicted molar refractivity (Wildman–Crippen MR) is 73.6 cm³/mol. The van der Waals surface area contributed by atoms with Crippen LogP contribution in [-0.4, -0.2) is 9.55 Å². The van der Waals surface area contributed by atoms with Crippen LogP contribution in [0.1, 0.15) is 11.1 Å². The van der Waals surface area contributed by atoms with Crippen molar-refractivity contribution in [3.05, 3.63) is 64.1 Å². The maximum atomic E-state index is 12.7. The lowest BCUT2D eigenvalue weighted by molar-refractivity contribution is -0.137. The van der Waals surface area contributed by atoms with Crippen LogP contribution in [0.25, 0.3) is 16.7 Å². The van der Waals surface area contributed by atoms with Gasteiger partial charge in [-0.15, -0.1) is 0 Å². The zero-order chi connectivity index (χ0) is 15.2. The number of nitrogens with one attached hydrogen (secondary N) is 1. The summed E-state index contributed by atoms with van der Waals surface area (Å²) in [6.07, 6.45) is -4.43. The van der Waals surface area contributed by atoms with Crippen LogP contribution in [0.3, 0.4) is 0 Å². The summed E-state index contributed by atoms with van der Waals surface area (Å²) >= 11 is 0. The normalized spacial score (nSPS) is 12.0. The zero-order valence-electron chi connectivity index (χ0n) is 11.0. The molecule has 0 saturated heterocycles. The van der Waals surface area contributed by atoms with E-state index in [9.17, 15) is 18.0 Å². The molecule has 0 unspecified atom stereocenters. The molecule has 0 aliphatic rings. The van der Waals surface area contributed by atoms with Crippen molar-refractivity contribution in [2.75, 3.05) is 0 Å². The molecule has 21 heavy (non-hydrogen) atoms. The maximum absolute atomic E-state index is 12.7. The van der Waals surface area contributed by atoms with Crippen molar-refractivity contribution in [2.24, 2.45) is 0 Å². The number of hydrogen-bond donors (Lipinski definition) is 1. The zero-order valence-corrected chi connectivity index (χ0v) is 11.0. The van der Waals surface area contributed by atoms with Crippen molar-refractivity contribution in [3.63, 3.8) is 0 Å². The molecule has 0 radical (unpaired) electrons. The number of aryl methyl sites for hydroxylation is 1. The summed E-state index contributed by atoms with van der Waals surface area (Å²) in [5.41, 5.74) is 0.907. The highest BCUT2D eigenvalue weighted by atomic mass is 19.4. The van der Waals surface area contributed by atoms with Gasteiger partial charge >= 0.3 is 11.9 Å². The molecule has 1 N–H and O–H groups in total. The van der Waals surface area contributed by atoms with Gasteiger partial charge in [-0.1, -0.05) is 12.1 Å². The van der Waals surface area contributed by atoms with E-state index in [0.29, 0.717) is 11.2 Å². The van der Waals surface area contributed by atoms with Crippen LogP contribution < -0.4 is 5.69 Å². The van der Waals surface area contributed by atoms with Crippen molar-refractivity contribution in [2.45, 2.75) is 13.1 Å². The lowest BCUT2D eigenvalue weighted by atomic mass is 10.2. The number of rotatable bonds is 1. The molecule has 2 aromatic carbocycles. The quantitative estimate of drug-likeness (QED) is 0.730. The van der Waals surface area contributed by atoms with Crippen molar-refractivity contribution in [3.8, 4) is 5.69 Å². The number of benzene rings is 2. The molecule has 3 rings (SSSR count). The monoisotopic (exact) mass is 292 g/mol. The average molecular weight is 292 g/mol. The third-order valence-electron chi connectivity index (χ3n) is 3.27. The van der Waals surface area contributed by atoms with Gasteiger partial charge in [0.15, 0.2) is 0 Å². The Morgan fingerprint density at radius 1 is 1.10 bits per heavy atom. The molecule has 0 atom stereocenters. The molecule has 108 valence electrons. The van der Waals surface area contributed by atoms with E-state index >= 15 is 0 Å². The van der Waals surface area contributed by atoms with E-state index in [1.165, 1.54) is 10.6 Å². The minimum atomic E-state index is -4.43. The smallest absolute Gasteiger partial charge is 0.305 e. The summed E-state index contributed by atoms with van der Waals surface area (Å²) in [4.78, 5) is 14.5. The summed E-state index contributed by atoms with van der Waals surface area (Å²) in [7, 11) is 0. The Hall–Kier alpha value is -2.50. The Balaban J connectivity index is 2.26. The van der Waals surface area contributed by atoms with Crippen LogP contribution in [0.4, 0.5) is 13.2 Å². The number of fused-ring (bicyclic) bond motifs is 1. The van der Waals surface area contributed by atoms with E-state index in [-0.39, 0.29) is 5.52 Å². The number of hydrogen-bond acceptors (Lipinski definition) is 1.